The normalized spacial score (nSPS) is 12.7. The summed E-state index contributed by atoms with van der Waals surface area (Å²) in [5.74, 6) is -1.90. The molecule has 2 aromatic rings. The molecule has 0 spiro atoms. The first-order valence-corrected chi connectivity index (χ1v) is 12.9. The van der Waals surface area contributed by atoms with E-state index in [4.69, 9.17) is 30.4 Å². The molecule has 0 heterocycles. The Bertz CT molecular complexity index is 937. The zero-order chi connectivity index (χ0) is 28.5. The largest absolute Gasteiger partial charge is 0.458 e. The predicted molar refractivity (Wildman–Crippen MR) is 147 cm³/mol. The van der Waals surface area contributed by atoms with Gasteiger partial charge in [0.2, 0.25) is 5.54 Å². The molecule has 0 amide bonds. The Morgan fingerprint density at radius 1 is 0.632 bits per heavy atom. The average Bonchev–Trinajstić information content (AvgIpc) is 2.83. The van der Waals surface area contributed by atoms with Crippen LogP contribution in [0.3, 0.4) is 0 Å². The van der Waals surface area contributed by atoms with Crippen LogP contribution in [0.4, 0.5) is 0 Å². The molecule has 0 saturated carbocycles. The molecule has 0 aliphatic heterocycles. The quantitative estimate of drug-likeness (QED) is 0.224. The highest BCUT2D eigenvalue weighted by Crippen LogP contribution is 2.32. The van der Waals surface area contributed by atoms with Crippen LogP contribution >= 0.6 is 0 Å². The van der Waals surface area contributed by atoms with Gasteiger partial charge in [0.25, 0.3) is 0 Å². The first-order valence-electron chi connectivity index (χ1n) is 12.9. The second kappa shape index (κ2) is 13.3. The van der Waals surface area contributed by atoms with Gasteiger partial charge in [-0.3, -0.25) is 0 Å². The summed E-state index contributed by atoms with van der Waals surface area (Å²) < 4.78 is 23.0. The highest BCUT2D eigenvalue weighted by molar-refractivity contribution is 6.07. The van der Waals surface area contributed by atoms with E-state index in [1.165, 1.54) is 0 Å². The zero-order valence-electron chi connectivity index (χ0n) is 23.6. The molecule has 0 radical (unpaired) electrons. The minimum absolute atomic E-state index is 0.0868. The molecule has 0 unspecified atom stereocenters. The van der Waals surface area contributed by atoms with E-state index in [-0.39, 0.29) is 26.1 Å². The second-order valence-electron chi connectivity index (χ2n) is 11.5. The van der Waals surface area contributed by atoms with Gasteiger partial charge in [0.15, 0.2) is 0 Å². The summed E-state index contributed by atoms with van der Waals surface area (Å²) in [6, 6.07) is 19.3. The number of carbonyl (C=O) groups excluding carboxylic acids is 2. The standard InChI is InChI=1S/C30H44N2O6/c1-27(2,3)37-25(33)30(32,26(34)38-28(4,5)6)29(31,17-19-35-21-23-13-9-7-10-14-23)18-20-36-22-24-15-11-8-12-16-24/h7-16H,17-22,31-32H2,1-6H3. The molecule has 0 atom stereocenters. The Morgan fingerprint density at radius 3 is 1.29 bits per heavy atom. The van der Waals surface area contributed by atoms with Crippen molar-refractivity contribution in [3.05, 3.63) is 71.8 Å². The molecule has 4 N–H and O–H groups in total. The van der Waals surface area contributed by atoms with Gasteiger partial charge in [-0.2, -0.15) is 0 Å². The maximum Gasteiger partial charge on any atom is 0.340 e. The van der Waals surface area contributed by atoms with Crippen LogP contribution in [0.25, 0.3) is 0 Å². The van der Waals surface area contributed by atoms with Crippen LogP contribution in [0, 0.1) is 0 Å². The molecule has 0 aliphatic carbocycles. The van der Waals surface area contributed by atoms with E-state index in [1.807, 2.05) is 60.7 Å². The number of esters is 2. The van der Waals surface area contributed by atoms with Gasteiger partial charge >= 0.3 is 11.9 Å². The van der Waals surface area contributed by atoms with Crippen molar-refractivity contribution >= 4 is 11.9 Å². The second-order valence-corrected chi connectivity index (χ2v) is 11.5. The van der Waals surface area contributed by atoms with Gasteiger partial charge in [-0.15, -0.1) is 0 Å². The summed E-state index contributed by atoms with van der Waals surface area (Å²) in [6.07, 6.45) is 0.174. The molecular formula is C30H44N2O6. The lowest BCUT2D eigenvalue weighted by atomic mass is 9.73. The summed E-state index contributed by atoms with van der Waals surface area (Å²) >= 11 is 0. The third kappa shape index (κ3) is 9.51. The Labute approximate surface area is 227 Å². The van der Waals surface area contributed by atoms with Crippen molar-refractivity contribution in [3.63, 3.8) is 0 Å². The van der Waals surface area contributed by atoms with Crippen molar-refractivity contribution < 1.29 is 28.5 Å². The topological polar surface area (TPSA) is 123 Å². The van der Waals surface area contributed by atoms with Crippen LogP contribution in [0.5, 0.6) is 0 Å². The highest BCUT2D eigenvalue weighted by Gasteiger charge is 2.60. The molecule has 0 aromatic heterocycles. The molecule has 0 bridgehead atoms. The summed E-state index contributed by atoms with van der Waals surface area (Å²) in [6.45, 7) is 11.2. The molecule has 8 heteroatoms. The highest BCUT2D eigenvalue weighted by atomic mass is 16.6. The van der Waals surface area contributed by atoms with Crippen LogP contribution in [0.2, 0.25) is 0 Å². The number of nitrogens with two attached hydrogens (primary N) is 2. The van der Waals surface area contributed by atoms with Gasteiger partial charge in [0.1, 0.15) is 11.2 Å². The Morgan fingerprint density at radius 2 is 0.974 bits per heavy atom. The molecule has 38 heavy (non-hydrogen) atoms. The fraction of sp³-hybridized carbons (Fsp3) is 0.533. The number of hydrogen-bond donors (Lipinski definition) is 2. The van der Waals surface area contributed by atoms with Gasteiger partial charge in [0, 0.05) is 13.2 Å². The first kappa shape index (κ1) is 31.4. The lowest BCUT2D eigenvalue weighted by molar-refractivity contribution is -0.182. The van der Waals surface area contributed by atoms with E-state index in [2.05, 4.69) is 0 Å². The molecular weight excluding hydrogens is 484 g/mol. The lowest BCUT2D eigenvalue weighted by Gasteiger charge is -2.44. The van der Waals surface area contributed by atoms with E-state index < -0.39 is 34.2 Å². The Kier molecular flexibility index (Phi) is 11.0. The van der Waals surface area contributed by atoms with Crippen LogP contribution < -0.4 is 11.5 Å². The van der Waals surface area contributed by atoms with Crippen molar-refractivity contribution in [2.75, 3.05) is 13.2 Å². The summed E-state index contributed by atoms with van der Waals surface area (Å²) in [4.78, 5) is 27.1. The van der Waals surface area contributed by atoms with Crippen LogP contribution in [-0.2, 0) is 41.8 Å². The third-order valence-corrected chi connectivity index (χ3v) is 5.84. The van der Waals surface area contributed by atoms with Gasteiger partial charge < -0.3 is 30.4 Å². The van der Waals surface area contributed by atoms with Gasteiger partial charge in [-0.25, -0.2) is 9.59 Å². The minimum Gasteiger partial charge on any atom is -0.458 e. The van der Waals surface area contributed by atoms with Crippen molar-refractivity contribution in [2.24, 2.45) is 11.5 Å². The number of benzene rings is 2. The van der Waals surface area contributed by atoms with E-state index >= 15 is 0 Å². The Balaban J connectivity index is 2.30. The predicted octanol–water partition coefficient (Wildman–Crippen LogP) is 4.28. The SMILES string of the molecule is CC(C)(C)OC(=O)C(N)(C(=O)OC(C)(C)C)C(N)(CCOCc1ccccc1)CCOCc1ccccc1. The minimum atomic E-state index is -2.31. The molecule has 0 aliphatic rings. The van der Waals surface area contributed by atoms with E-state index in [0.29, 0.717) is 13.2 Å². The number of hydrogen-bond acceptors (Lipinski definition) is 8. The first-order chi connectivity index (χ1) is 17.7. The van der Waals surface area contributed by atoms with E-state index in [0.717, 1.165) is 11.1 Å². The lowest BCUT2D eigenvalue weighted by Crippen LogP contribution is -2.76. The Hall–Kier alpha value is -2.78. The zero-order valence-corrected chi connectivity index (χ0v) is 23.6. The molecule has 2 aromatic carbocycles. The summed E-state index contributed by atoms with van der Waals surface area (Å²) in [5, 5.41) is 0. The number of carbonyl (C=O) groups is 2. The monoisotopic (exact) mass is 528 g/mol. The summed E-state index contributed by atoms with van der Waals surface area (Å²) in [7, 11) is 0. The summed E-state index contributed by atoms with van der Waals surface area (Å²) in [5.41, 5.74) is 9.83. The molecule has 8 nitrogen and oxygen atoms in total. The smallest absolute Gasteiger partial charge is 0.340 e. The molecule has 0 fully saturated rings. The number of rotatable bonds is 13. The van der Waals surface area contributed by atoms with Gasteiger partial charge in [-0.05, 0) is 65.5 Å². The fourth-order valence-electron chi connectivity index (χ4n) is 3.76. The van der Waals surface area contributed by atoms with Crippen LogP contribution in [-0.4, -0.2) is 47.4 Å². The van der Waals surface area contributed by atoms with Crippen LogP contribution in [0.1, 0.15) is 65.5 Å². The third-order valence-electron chi connectivity index (χ3n) is 5.84. The van der Waals surface area contributed by atoms with E-state index in [1.54, 1.807) is 41.5 Å². The van der Waals surface area contributed by atoms with E-state index in [9.17, 15) is 9.59 Å². The molecule has 210 valence electrons. The van der Waals surface area contributed by atoms with Crippen molar-refractivity contribution in [1.29, 1.82) is 0 Å². The van der Waals surface area contributed by atoms with Crippen LogP contribution in [0.15, 0.2) is 60.7 Å². The van der Waals surface area contributed by atoms with Gasteiger partial charge in [-0.1, -0.05) is 60.7 Å². The molecule has 2 rings (SSSR count). The molecule has 0 saturated heterocycles. The van der Waals surface area contributed by atoms with Crippen molar-refractivity contribution in [1.82, 2.24) is 0 Å². The van der Waals surface area contributed by atoms with Gasteiger partial charge in [0.05, 0.1) is 18.8 Å². The maximum atomic E-state index is 13.6. The number of ether oxygens (including phenoxy) is 4. The maximum absolute atomic E-state index is 13.6. The van der Waals surface area contributed by atoms with Crippen molar-refractivity contribution in [3.8, 4) is 0 Å². The average molecular weight is 529 g/mol. The van der Waals surface area contributed by atoms with Crippen molar-refractivity contribution in [2.45, 2.75) is 89.9 Å². The fourth-order valence-corrected chi connectivity index (χ4v) is 3.76.